The number of benzene rings is 1. The van der Waals surface area contributed by atoms with Crippen molar-refractivity contribution in [3.05, 3.63) is 48.0 Å². The summed E-state index contributed by atoms with van der Waals surface area (Å²) in [5, 5.41) is 8.71. The molecule has 0 spiro atoms. The Balaban J connectivity index is 0.00000225. The molecule has 0 fully saturated rings. The van der Waals surface area contributed by atoms with Crippen LogP contribution in [0.2, 0.25) is 0 Å². The monoisotopic (exact) mass is 241 g/mol. The van der Waals surface area contributed by atoms with Gasteiger partial charge in [-0.2, -0.15) is 0 Å². The molecule has 3 N–H and O–H groups in total. The highest BCUT2D eigenvalue weighted by molar-refractivity contribution is 5.87. The van der Waals surface area contributed by atoms with Gasteiger partial charge in [-0.25, -0.2) is 4.79 Å². The Morgan fingerprint density at radius 1 is 1.44 bits per heavy atom. The fourth-order valence-electron chi connectivity index (χ4n) is 1.34. The van der Waals surface area contributed by atoms with Crippen molar-refractivity contribution in [3.63, 3.8) is 0 Å². The Bertz CT molecular complexity index is 349. The van der Waals surface area contributed by atoms with Crippen LogP contribution in [0.3, 0.4) is 0 Å². The number of carboxylic acids is 1. The molecule has 0 aliphatic carbocycles. The molecule has 0 saturated heterocycles. The van der Waals surface area contributed by atoms with Crippen LogP contribution in [0, 0.1) is 0 Å². The Morgan fingerprint density at radius 2 is 2.00 bits per heavy atom. The molecule has 0 saturated carbocycles. The van der Waals surface area contributed by atoms with Gasteiger partial charge in [0.1, 0.15) is 0 Å². The van der Waals surface area contributed by atoms with Crippen molar-refractivity contribution in [1.82, 2.24) is 0 Å². The van der Waals surface area contributed by atoms with Crippen molar-refractivity contribution in [2.75, 3.05) is 0 Å². The number of hydrogen-bond donors (Lipinski definition) is 2. The number of allylic oxidation sites excluding steroid dienone is 1. The van der Waals surface area contributed by atoms with Crippen LogP contribution in [0.5, 0.6) is 0 Å². The van der Waals surface area contributed by atoms with Crippen LogP contribution in [0.25, 0.3) is 0 Å². The summed E-state index contributed by atoms with van der Waals surface area (Å²) in [7, 11) is 0. The molecule has 0 heterocycles. The number of aromatic carboxylic acids is 1. The summed E-state index contributed by atoms with van der Waals surface area (Å²) in [4.78, 5) is 10.6. The molecule has 0 aliphatic rings. The molecule has 1 aromatic carbocycles. The molecular weight excluding hydrogens is 226 g/mol. The van der Waals surface area contributed by atoms with Gasteiger partial charge in [-0.3, -0.25) is 0 Å². The van der Waals surface area contributed by atoms with Gasteiger partial charge < -0.3 is 10.8 Å². The summed E-state index contributed by atoms with van der Waals surface area (Å²) >= 11 is 0. The third-order valence-corrected chi connectivity index (χ3v) is 2.27. The zero-order chi connectivity index (χ0) is 11.3. The number of carboxylic acid groups (broad SMARTS) is 1. The number of halogens is 1. The second-order valence-electron chi connectivity index (χ2n) is 3.40. The SMILES string of the molecule is C=CCC[C@@H](N)c1ccc(C(=O)O)cc1.Cl. The molecule has 0 aromatic heterocycles. The third kappa shape index (κ3) is 4.04. The van der Waals surface area contributed by atoms with E-state index in [4.69, 9.17) is 10.8 Å². The van der Waals surface area contributed by atoms with Gasteiger partial charge in [0.2, 0.25) is 0 Å². The topological polar surface area (TPSA) is 63.3 Å². The van der Waals surface area contributed by atoms with E-state index in [-0.39, 0.29) is 24.0 Å². The first-order valence-electron chi connectivity index (χ1n) is 4.85. The second kappa shape index (κ2) is 7.04. The van der Waals surface area contributed by atoms with Crippen LogP contribution < -0.4 is 5.73 Å². The molecule has 0 radical (unpaired) electrons. The summed E-state index contributed by atoms with van der Waals surface area (Å²) in [5.74, 6) is -0.916. The average molecular weight is 242 g/mol. The van der Waals surface area contributed by atoms with E-state index in [0.717, 1.165) is 18.4 Å². The van der Waals surface area contributed by atoms with Crippen molar-refractivity contribution in [3.8, 4) is 0 Å². The van der Waals surface area contributed by atoms with Gasteiger partial charge in [-0.15, -0.1) is 19.0 Å². The van der Waals surface area contributed by atoms with Crippen LogP contribution in [-0.4, -0.2) is 11.1 Å². The molecule has 0 amide bonds. The molecule has 16 heavy (non-hydrogen) atoms. The summed E-state index contributed by atoms with van der Waals surface area (Å²) in [5.41, 5.74) is 7.16. The highest BCUT2D eigenvalue weighted by Gasteiger charge is 2.06. The van der Waals surface area contributed by atoms with Gasteiger partial charge >= 0.3 is 5.97 Å². The summed E-state index contributed by atoms with van der Waals surface area (Å²) in [6.45, 7) is 3.63. The number of rotatable bonds is 5. The molecular formula is C12H16ClNO2. The molecule has 3 nitrogen and oxygen atoms in total. The molecule has 1 atom stereocenters. The lowest BCUT2D eigenvalue weighted by Crippen LogP contribution is -2.10. The maximum atomic E-state index is 10.6. The summed E-state index contributed by atoms with van der Waals surface area (Å²) in [6, 6.07) is 6.62. The van der Waals surface area contributed by atoms with E-state index in [0.29, 0.717) is 0 Å². The van der Waals surface area contributed by atoms with Crippen LogP contribution in [-0.2, 0) is 0 Å². The second-order valence-corrected chi connectivity index (χ2v) is 3.40. The van der Waals surface area contributed by atoms with E-state index >= 15 is 0 Å². The summed E-state index contributed by atoms with van der Waals surface area (Å²) < 4.78 is 0. The Kier molecular flexibility index (Phi) is 6.46. The van der Waals surface area contributed by atoms with Gasteiger partial charge in [0.25, 0.3) is 0 Å². The number of nitrogens with two attached hydrogens (primary N) is 1. The van der Waals surface area contributed by atoms with Crippen molar-refractivity contribution in [2.45, 2.75) is 18.9 Å². The Labute approximate surface area is 101 Å². The molecule has 1 rings (SSSR count). The molecule has 0 unspecified atom stereocenters. The average Bonchev–Trinajstić information content (AvgIpc) is 2.26. The third-order valence-electron chi connectivity index (χ3n) is 2.27. The number of hydrogen-bond acceptors (Lipinski definition) is 2. The van der Waals surface area contributed by atoms with Crippen LogP contribution in [0.1, 0.15) is 34.8 Å². The fraction of sp³-hybridized carbons (Fsp3) is 0.250. The quantitative estimate of drug-likeness (QED) is 0.780. The minimum Gasteiger partial charge on any atom is -0.478 e. The van der Waals surface area contributed by atoms with Gasteiger partial charge in [-0.1, -0.05) is 18.2 Å². The van der Waals surface area contributed by atoms with E-state index in [1.165, 1.54) is 0 Å². The molecule has 0 aliphatic heterocycles. The maximum absolute atomic E-state index is 10.6. The number of carbonyl (C=O) groups is 1. The van der Waals surface area contributed by atoms with Gasteiger partial charge in [-0.05, 0) is 30.5 Å². The maximum Gasteiger partial charge on any atom is 0.335 e. The lowest BCUT2D eigenvalue weighted by atomic mass is 10.0. The zero-order valence-electron chi connectivity index (χ0n) is 8.93. The van der Waals surface area contributed by atoms with Crippen molar-refractivity contribution < 1.29 is 9.90 Å². The highest BCUT2D eigenvalue weighted by Crippen LogP contribution is 2.16. The predicted molar refractivity (Wildman–Crippen MR) is 67.0 cm³/mol. The normalized spacial score (nSPS) is 11.3. The molecule has 1 aromatic rings. The molecule has 4 heteroatoms. The minimum atomic E-state index is -0.916. The standard InChI is InChI=1S/C12H15NO2.ClH/c1-2-3-4-11(13)9-5-7-10(8-6-9)12(14)15;/h2,5-8,11H,1,3-4,13H2,(H,14,15);1H/t11-;/m1./s1. The molecule has 88 valence electrons. The van der Waals surface area contributed by atoms with Crippen LogP contribution in [0.15, 0.2) is 36.9 Å². The first-order chi connectivity index (χ1) is 7.15. The highest BCUT2D eigenvalue weighted by atomic mass is 35.5. The van der Waals surface area contributed by atoms with Crippen LogP contribution >= 0.6 is 12.4 Å². The van der Waals surface area contributed by atoms with Crippen molar-refractivity contribution in [2.24, 2.45) is 5.73 Å². The van der Waals surface area contributed by atoms with Crippen LogP contribution in [0.4, 0.5) is 0 Å². The van der Waals surface area contributed by atoms with Crippen molar-refractivity contribution >= 4 is 18.4 Å². The predicted octanol–water partition coefficient (Wildman–Crippen LogP) is 2.77. The largest absolute Gasteiger partial charge is 0.478 e. The van der Waals surface area contributed by atoms with Crippen molar-refractivity contribution in [1.29, 1.82) is 0 Å². The van der Waals surface area contributed by atoms with E-state index in [1.54, 1.807) is 24.3 Å². The zero-order valence-corrected chi connectivity index (χ0v) is 9.74. The Hall–Kier alpha value is -1.32. The van der Waals surface area contributed by atoms with E-state index in [1.807, 2.05) is 6.08 Å². The first-order valence-corrected chi connectivity index (χ1v) is 4.85. The fourth-order valence-corrected chi connectivity index (χ4v) is 1.34. The van der Waals surface area contributed by atoms with Gasteiger partial charge in [0.15, 0.2) is 0 Å². The minimum absolute atomic E-state index is 0. The van der Waals surface area contributed by atoms with Gasteiger partial charge in [0.05, 0.1) is 5.56 Å². The lowest BCUT2D eigenvalue weighted by molar-refractivity contribution is 0.0697. The Morgan fingerprint density at radius 3 is 2.44 bits per heavy atom. The smallest absolute Gasteiger partial charge is 0.335 e. The van der Waals surface area contributed by atoms with E-state index in [2.05, 4.69) is 6.58 Å². The lowest BCUT2D eigenvalue weighted by Gasteiger charge is -2.10. The van der Waals surface area contributed by atoms with E-state index in [9.17, 15) is 4.79 Å². The van der Waals surface area contributed by atoms with E-state index < -0.39 is 5.97 Å². The van der Waals surface area contributed by atoms with Gasteiger partial charge in [0, 0.05) is 6.04 Å². The first kappa shape index (κ1) is 14.7. The molecule has 0 bridgehead atoms. The summed E-state index contributed by atoms with van der Waals surface area (Å²) in [6.07, 6.45) is 3.52.